The van der Waals surface area contributed by atoms with Crippen LogP contribution in [0.5, 0.6) is 0 Å². The van der Waals surface area contributed by atoms with Gasteiger partial charge in [0.15, 0.2) is 5.82 Å². The Bertz CT molecular complexity index is 1330. The van der Waals surface area contributed by atoms with E-state index in [0.29, 0.717) is 12.4 Å². The molecular weight excluding hydrogens is 424 g/mol. The predicted octanol–water partition coefficient (Wildman–Crippen LogP) is 4.87. The molecule has 1 N–H and O–H groups in total. The molecule has 0 unspecified atom stereocenters. The molecule has 0 aliphatic rings. The second kappa shape index (κ2) is 9.82. The maximum absolute atomic E-state index is 4.76. The van der Waals surface area contributed by atoms with Crippen molar-refractivity contribution in [1.82, 2.24) is 40.0 Å². The number of nitrogens with one attached hydrogen (secondary N) is 1. The first-order valence-corrected chi connectivity index (χ1v) is 11.8. The fraction of sp³-hybridized carbons (Fsp3) is 0.269. The first-order chi connectivity index (χ1) is 16.8. The van der Waals surface area contributed by atoms with E-state index in [1.165, 1.54) is 5.56 Å². The zero-order valence-electron chi connectivity index (χ0n) is 19.5. The highest BCUT2D eigenvalue weighted by atomic mass is 15.5. The largest absolute Gasteiger partial charge is 0.306 e. The average molecular weight is 453 g/mol. The van der Waals surface area contributed by atoms with Crippen molar-refractivity contribution in [2.75, 3.05) is 0 Å². The molecule has 5 aromatic rings. The first kappa shape index (κ1) is 21.8. The highest BCUT2D eigenvalue weighted by Gasteiger charge is 2.16. The minimum atomic E-state index is 0.557. The quantitative estimate of drug-likeness (QED) is 0.345. The molecule has 0 aliphatic carbocycles. The van der Waals surface area contributed by atoms with Gasteiger partial charge < -0.3 is 4.57 Å². The molecule has 0 fully saturated rings. The van der Waals surface area contributed by atoms with Crippen LogP contribution in [0, 0.1) is 0 Å². The molecule has 5 rings (SSSR count). The summed E-state index contributed by atoms with van der Waals surface area (Å²) in [5, 5.41) is 19.5. The molecular formula is C26H28N8. The normalized spacial score (nSPS) is 11.2. The van der Waals surface area contributed by atoms with Gasteiger partial charge in [-0.2, -0.15) is 10.3 Å². The van der Waals surface area contributed by atoms with Crippen LogP contribution in [0.15, 0.2) is 66.7 Å². The van der Waals surface area contributed by atoms with Crippen LogP contribution in [0.3, 0.4) is 0 Å². The van der Waals surface area contributed by atoms with E-state index in [1.54, 1.807) is 0 Å². The summed E-state index contributed by atoms with van der Waals surface area (Å²) in [6.45, 7) is 5.05. The van der Waals surface area contributed by atoms with Crippen molar-refractivity contribution in [3.63, 3.8) is 0 Å². The predicted molar refractivity (Wildman–Crippen MR) is 131 cm³/mol. The molecule has 8 heteroatoms. The number of benzene rings is 2. The Hall–Kier alpha value is -4.07. The van der Waals surface area contributed by atoms with Gasteiger partial charge >= 0.3 is 0 Å². The van der Waals surface area contributed by atoms with E-state index in [-0.39, 0.29) is 0 Å². The van der Waals surface area contributed by atoms with E-state index in [0.717, 1.165) is 60.0 Å². The topological polar surface area (TPSA) is 90.1 Å². The van der Waals surface area contributed by atoms with Gasteiger partial charge in [0, 0.05) is 18.5 Å². The maximum atomic E-state index is 4.76. The summed E-state index contributed by atoms with van der Waals surface area (Å²) in [6, 6.07) is 23.0. The van der Waals surface area contributed by atoms with E-state index < -0.39 is 0 Å². The number of hydrogen-bond acceptors (Lipinski definition) is 5. The number of aromatic amines is 1. The van der Waals surface area contributed by atoms with Crippen LogP contribution >= 0.6 is 0 Å². The summed E-state index contributed by atoms with van der Waals surface area (Å²) >= 11 is 0. The van der Waals surface area contributed by atoms with Gasteiger partial charge in [0.25, 0.3) is 0 Å². The fourth-order valence-electron chi connectivity index (χ4n) is 4.21. The molecule has 3 aromatic heterocycles. The number of rotatable bonds is 9. The summed E-state index contributed by atoms with van der Waals surface area (Å²) in [5.41, 5.74) is 5.29. The molecule has 0 bridgehead atoms. The van der Waals surface area contributed by atoms with Crippen LogP contribution in [0.4, 0.5) is 0 Å². The molecule has 0 saturated carbocycles. The van der Waals surface area contributed by atoms with E-state index in [9.17, 15) is 0 Å². The van der Waals surface area contributed by atoms with Crippen molar-refractivity contribution in [3.8, 4) is 28.5 Å². The number of aromatic nitrogens is 8. The van der Waals surface area contributed by atoms with Crippen molar-refractivity contribution < 1.29 is 0 Å². The first-order valence-electron chi connectivity index (χ1n) is 11.8. The molecule has 0 spiro atoms. The van der Waals surface area contributed by atoms with Gasteiger partial charge in [-0.3, -0.25) is 0 Å². The molecule has 0 atom stereocenters. The number of tetrazole rings is 1. The maximum Gasteiger partial charge on any atom is 0.221 e. The van der Waals surface area contributed by atoms with Crippen LogP contribution in [-0.4, -0.2) is 40.0 Å². The van der Waals surface area contributed by atoms with Gasteiger partial charge in [0.1, 0.15) is 5.82 Å². The van der Waals surface area contributed by atoms with Gasteiger partial charge in [-0.1, -0.05) is 56.3 Å². The minimum Gasteiger partial charge on any atom is -0.306 e. The van der Waals surface area contributed by atoms with Crippen molar-refractivity contribution in [1.29, 1.82) is 0 Å². The molecule has 34 heavy (non-hydrogen) atoms. The summed E-state index contributed by atoms with van der Waals surface area (Å²) in [7, 11) is 0. The lowest BCUT2D eigenvalue weighted by atomic mass is 10.1. The summed E-state index contributed by atoms with van der Waals surface area (Å²) in [4.78, 5) is 4.75. The standard InChI is InChI=1S/C26H28N8/c1-3-8-24-27-25(9-4-2)33(30-24)18-19-12-14-21(15-13-19)34-22(20-10-6-5-7-11-20)16-17-23(34)26-28-31-32-29-26/h5-7,10-17H,3-4,8-9,18H2,1-2H3,(H,28,29,31,32). The Labute approximate surface area is 198 Å². The van der Waals surface area contributed by atoms with E-state index in [1.807, 2.05) is 24.3 Å². The smallest absolute Gasteiger partial charge is 0.221 e. The van der Waals surface area contributed by atoms with Gasteiger partial charge in [-0.15, -0.1) is 10.2 Å². The molecule has 8 nitrogen and oxygen atoms in total. The van der Waals surface area contributed by atoms with E-state index in [4.69, 9.17) is 10.1 Å². The van der Waals surface area contributed by atoms with Gasteiger partial charge in [0.05, 0.1) is 17.9 Å². The summed E-state index contributed by atoms with van der Waals surface area (Å²) in [5.74, 6) is 2.56. The van der Waals surface area contributed by atoms with Crippen LogP contribution in [0.1, 0.15) is 43.9 Å². The summed E-state index contributed by atoms with van der Waals surface area (Å²) < 4.78 is 4.22. The lowest BCUT2D eigenvalue weighted by molar-refractivity contribution is 0.623. The number of nitrogens with zero attached hydrogens (tertiary/aromatic N) is 7. The Morgan fingerprint density at radius 1 is 0.824 bits per heavy atom. The third kappa shape index (κ3) is 4.39. The molecule has 2 aromatic carbocycles. The molecule has 0 aliphatic heterocycles. The molecule has 0 amide bonds. The van der Waals surface area contributed by atoms with Crippen LogP contribution in [0.25, 0.3) is 28.5 Å². The van der Waals surface area contributed by atoms with Crippen molar-refractivity contribution >= 4 is 0 Å². The van der Waals surface area contributed by atoms with E-state index >= 15 is 0 Å². The minimum absolute atomic E-state index is 0.557. The highest BCUT2D eigenvalue weighted by molar-refractivity contribution is 5.70. The van der Waals surface area contributed by atoms with Gasteiger partial charge in [-0.25, -0.2) is 9.67 Å². The Morgan fingerprint density at radius 3 is 2.29 bits per heavy atom. The third-order valence-corrected chi connectivity index (χ3v) is 5.79. The van der Waals surface area contributed by atoms with Crippen LogP contribution in [0.2, 0.25) is 0 Å². The number of aryl methyl sites for hydroxylation is 2. The lowest BCUT2D eigenvalue weighted by Gasteiger charge is -2.13. The van der Waals surface area contributed by atoms with Gasteiger partial charge in [0.2, 0.25) is 5.82 Å². The molecule has 3 heterocycles. The van der Waals surface area contributed by atoms with Gasteiger partial charge in [-0.05, 0) is 53.4 Å². The zero-order valence-corrected chi connectivity index (χ0v) is 19.5. The van der Waals surface area contributed by atoms with Crippen LogP contribution < -0.4 is 0 Å². The van der Waals surface area contributed by atoms with Crippen molar-refractivity contribution in [2.45, 2.75) is 46.1 Å². The molecule has 0 radical (unpaired) electrons. The second-order valence-electron chi connectivity index (χ2n) is 8.31. The average Bonchev–Trinajstić information content (AvgIpc) is 3.61. The SMILES string of the molecule is CCCc1nc(CCC)n(Cc2ccc(-n3c(-c4ccccc4)ccc3-c3nn[nH]n3)cc2)n1. The van der Waals surface area contributed by atoms with Crippen molar-refractivity contribution in [2.24, 2.45) is 0 Å². The lowest BCUT2D eigenvalue weighted by Crippen LogP contribution is -2.07. The van der Waals surface area contributed by atoms with Crippen LogP contribution in [-0.2, 0) is 19.4 Å². The number of H-pyrrole nitrogens is 1. The fourth-order valence-corrected chi connectivity index (χ4v) is 4.21. The molecule has 172 valence electrons. The second-order valence-corrected chi connectivity index (χ2v) is 8.31. The Balaban J connectivity index is 1.49. The monoisotopic (exact) mass is 452 g/mol. The summed E-state index contributed by atoms with van der Waals surface area (Å²) in [6.07, 6.45) is 3.95. The Kier molecular flexibility index (Phi) is 6.29. The van der Waals surface area contributed by atoms with Crippen molar-refractivity contribution in [3.05, 3.63) is 83.9 Å². The highest BCUT2D eigenvalue weighted by Crippen LogP contribution is 2.30. The number of hydrogen-bond donors (Lipinski definition) is 1. The zero-order chi connectivity index (χ0) is 23.3. The Morgan fingerprint density at radius 2 is 1.59 bits per heavy atom. The third-order valence-electron chi connectivity index (χ3n) is 5.79. The van der Waals surface area contributed by atoms with E-state index in [2.05, 4.69) is 86.2 Å². The molecule has 0 saturated heterocycles.